The van der Waals surface area contributed by atoms with Crippen LogP contribution in [0, 0.1) is 0 Å². The molecule has 166 valence electrons. The number of halogens is 1. The zero-order chi connectivity index (χ0) is 20.3. The van der Waals surface area contributed by atoms with E-state index in [2.05, 4.69) is 44.5 Å². The van der Waals surface area contributed by atoms with E-state index in [9.17, 15) is 5.11 Å². The Hall–Kier alpha value is -1.20. The summed E-state index contributed by atoms with van der Waals surface area (Å²) in [4.78, 5) is 10.8. The molecule has 30 heavy (non-hydrogen) atoms. The highest BCUT2D eigenvalue weighted by Crippen LogP contribution is 2.13. The molecule has 1 aliphatic heterocycles. The fourth-order valence-electron chi connectivity index (χ4n) is 3.30. The molecule has 3 rings (SSSR count). The van der Waals surface area contributed by atoms with Crippen LogP contribution in [-0.2, 0) is 17.9 Å². The lowest BCUT2D eigenvalue weighted by atomic mass is 10.2. The number of aliphatic imine (C=N–C) groups is 1. The highest BCUT2D eigenvalue weighted by atomic mass is 127. The Morgan fingerprint density at radius 2 is 1.93 bits per heavy atom. The molecular formula is C22H33IN4O2S. The number of aliphatic hydroxyl groups is 1. The minimum Gasteiger partial charge on any atom is -0.389 e. The van der Waals surface area contributed by atoms with Crippen molar-refractivity contribution in [1.29, 1.82) is 0 Å². The summed E-state index contributed by atoms with van der Waals surface area (Å²) in [6, 6.07) is 14.3. The van der Waals surface area contributed by atoms with Gasteiger partial charge in [-0.1, -0.05) is 36.4 Å². The summed E-state index contributed by atoms with van der Waals surface area (Å²) < 4.78 is 5.62. The molecule has 0 aliphatic carbocycles. The normalized spacial score (nSPS) is 16.2. The van der Waals surface area contributed by atoms with E-state index in [1.165, 1.54) is 4.88 Å². The maximum Gasteiger partial charge on any atom is 0.194 e. The molecule has 2 heterocycles. The quantitative estimate of drug-likeness (QED) is 0.289. The van der Waals surface area contributed by atoms with E-state index in [1.807, 2.05) is 41.7 Å². The SMILES string of the molecule is CCNC(=NCC(O)COCc1ccccc1)N1CCN(Cc2cccs2)CC1.I. The number of piperazine rings is 1. The van der Waals surface area contributed by atoms with E-state index in [0.29, 0.717) is 13.2 Å². The van der Waals surface area contributed by atoms with E-state index >= 15 is 0 Å². The summed E-state index contributed by atoms with van der Waals surface area (Å²) >= 11 is 1.82. The Morgan fingerprint density at radius 3 is 2.60 bits per heavy atom. The van der Waals surface area contributed by atoms with Gasteiger partial charge in [0.2, 0.25) is 0 Å². The van der Waals surface area contributed by atoms with Gasteiger partial charge >= 0.3 is 0 Å². The molecule has 0 saturated carbocycles. The first-order valence-corrected chi connectivity index (χ1v) is 11.2. The second-order valence-electron chi connectivity index (χ2n) is 7.19. The molecule has 0 spiro atoms. The minimum absolute atomic E-state index is 0. The van der Waals surface area contributed by atoms with Gasteiger partial charge in [-0.05, 0) is 23.9 Å². The van der Waals surface area contributed by atoms with Gasteiger partial charge < -0.3 is 20.1 Å². The van der Waals surface area contributed by atoms with Crippen molar-refractivity contribution in [3.8, 4) is 0 Å². The lowest BCUT2D eigenvalue weighted by Gasteiger charge is -2.36. The van der Waals surface area contributed by atoms with Crippen molar-refractivity contribution in [1.82, 2.24) is 15.1 Å². The average molecular weight is 545 g/mol. The number of hydrogen-bond donors (Lipinski definition) is 2. The molecule has 6 nitrogen and oxygen atoms in total. The van der Waals surface area contributed by atoms with Gasteiger partial charge in [-0.15, -0.1) is 35.3 Å². The summed E-state index contributed by atoms with van der Waals surface area (Å²) in [6.07, 6.45) is -0.604. The maximum absolute atomic E-state index is 10.2. The molecule has 2 aromatic rings. The van der Waals surface area contributed by atoms with Crippen molar-refractivity contribution in [2.45, 2.75) is 26.2 Å². The van der Waals surface area contributed by atoms with Gasteiger partial charge in [0.05, 0.1) is 25.9 Å². The molecule has 1 aromatic heterocycles. The molecule has 1 fully saturated rings. The Labute approximate surface area is 201 Å². The van der Waals surface area contributed by atoms with Crippen LogP contribution >= 0.6 is 35.3 Å². The molecular weight excluding hydrogens is 511 g/mol. The lowest BCUT2D eigenvalue weighted by molar-refractivity contribution is 0.0329. The van der Waals surface area contributed by atoms with Crippen LogP contribution < -0.4 is 5.32 Å². The van der Waals surface area contributed by atoms with Crippen molar-refractivity contribution in [3.05, 3.63) is 58.3 Å². The van der Waals surface area contributed by atoms with Crippen LogP contribution in [0.4, 0.5) is 0 Å². The Morgan fingerprint density at radius 1 is 1.17 bits per heavy atom. The summed E-state index contributed by atoms with van der Waals surface area (Å²) in [5.41, 5.74) is 1.11. The molecule has 1 unspecified atom stereocenters. The van der Waals surface area contributed by atoms with Gasteiger partial charge in [-0.2, -0.15) is 0 Å². The number of nitrogens with one attached hydrogen (secondary N) is 1. The molecule has 1 saturated heterocycles. The maximum atomic E-state index is 10.2. The monoisotopic (exact) mass is 544 g/mol. The number of ether oxygens (including phenoxy) is 1. The fourth-order valence-corrected chi connectivity index (χ4v) is 4.04. The third-order valence-electron chi connectivity index (χ3n) is 4.84. The van der Waals surface area contributed by atoms with Gasteiger partial charge in [0.25, 0.3) is 0 Å². The third kappa shape index (κ3) is 8.50. The lowest BCUT2D eigenvalue weighted by Crippen LogP contribution is -2.52. The second kappa shape index (κ2) is 14.0. The van der Waals surface area contributed by atoms with Crippen LogP contribution in [0.15, 0.2) is 52.8 Å². The Bertz CT molecular complexity index is 722. The standard InChI is InChI=1S/C22H32N4O2S.HI/c1-2-23-22(24-15-20(27)18-28-17-19-7-4-3-5-8-19)26-12-10-25(11-13-26)16-21-9-6-14-29-21;/h3-9,14,20,27H,2,10-13,15-18H2,1H3,(H,23,24);1H. The molecule has 1 atom stereocenters. The highest BCUT2D eigenvalue weighted by Gasteiger charge is 2.20. The van der Waals surface area contributed by atoms with Crippen LogP contribution in [0.25, 0.3) is 0 Å². The number of nitrogens with zero attached hydrogens (tertiary/aromatic N) is 3. The molecule has 0 radical (unpaired) electrons. The number of benzene rings is 1. The molecule has 8 heteroatoms. The third-order valence-corrected chi connectivity index (χ3v) is 5.70. The molecule has 2 N–H and O–H groups in total. The first kappa shape index (κ1) is 25.1. The van der Waals surface area contributed by atoms with E-state index in [0.717, 1.165) is 50.8 Å². The Balaban J connectivity index is 0.00000320. The topological polar surface area (TPSA) is 60.3 Å². The van der Waals surface area contributed by atoms with Gasteiger partial charge in [-0.3, -0.25) is 9.89 Å². The number of aliphatic hydroxyl groups excluding tert-OH is 1. The average Bonchev–Trinajstić information content (AvgIpc) is 3.26. The van der Waals surface area contributed by atoms with Crippen molar-refractivity contribution in [2.75, 3.05) is 45.9 Å². The van der Waals surface area contributed by atoms with Gasteiger partial charge in [0, 0.05) is 44.1 Å². The van der Waals surface area contributed by atoms with Crippen LogP contribution in [0.2, 0.25) is 0 Å². The number of hydrogen-bond acceptors (Lipinski definition) is 5. The predicted molar refractivity (Wildman–Crippen MR) is 135 cm³/mol. The van der Waals surface area contributed by atoms with Crippen molar-refractivity contribution >= 4 is 41.3 Å². The molecule has 1 aromatic carbocycles. The predicted octanol–water partition coefficient (Wildman–Crippen LogP) is 3.03. The largest absolute Gasteiger partial charge is 0.389 e. The van der Waals surface area contributed by atoms with Gasteiger partial charge in [0.15, 0.2) is 5.96 Å². The first-order chi connectivity index (χ1) is 14.2. The summed E-state index contributed by atoms with van der Waals surface area (Å²) in [7, 11) is 0. The zero-order valence-electron chi connectivity index (χ0n) is 17.6. The van der Waals surface area contributed by atoms with Crippen LogP contribution in [0.5, 0.6) is 0 Å². The van der Waals surface area contributed by atoms with E-state index < -0.39 is 6.10 Å². The number of thiophene rings is 1. The summed E-state index contributed by atoms with van der Waals surface area (Å²) in [6.45, 7) is 8.96. The Kier molecular flexibility index (Phi) is 11.7. The first-order valence-electron chi connectivity index (χ1n) is 10.3. The molecule has 1 aliphatic rings. The summed E-state index contributed by atoms with van der Waals surface area (Å²) in [5.74, 6) is 0.880. The number of rotatable bonds is 9. The van der Waals surface area contributed by atoms with E-state index in [-0.39, 0.29) is 30.6 Å². The second-order valence-corrected chi connectivity index (χ2v) is 8.22. The van der Waals surface area contributed by atoms with Crippen molar-refractivity contribution < 1.29 is 9.84 Å². The van der Waals surface area contributed by atoms with E-state index in [4.69, 9.17) is 4.74 Å². The highest BCUT2D eigenvalue weighted by molar-refractivity contribution is 14.0. The van der Waals surface area contributed by atoms with Crippen LogP contribution in [0.1, 0.15) is 17.4 Å². The fraction of sp³-hybridized carbons (Fsp3) is 0.500. The zero-order valence-corrected chi connectivity index (χ0v) is 20.7. The number of guanidine groups is 1. The van der Waals surface area contributed by atoms with Crippen molar-refractivity contribution in [2.24, 2.45) is 4.99 Å². The van der Waals surface area contributed by atoms with Crippen LogP contribution in [-0.4, -0.2) is 72.8 Å². The smallest absolute Gasteiger partial charge is 0.194 e. The van der Waals surface area contributed by atoms with Crippen molar-refractivity contribution in [3.63, 3.8) is 0 Å². The van der Waals surface area contributed by atoms with Crippen LogP contribution in [0.3, 0.4) is 0 Å². The van der Waals surface area contributed by atoms with Gasteiger partial charge in [-0.25, -0.2) is 0 Å². The van der Waals surface area contributed by atoms with Gasteiger partial charge in [0.1, 0.15) is 0 Å². The van der Waals surface area contributed by atoms with E-state index in [1.54, 1.807) is 0 Å². The molecule has 0 amide bonds. The summed E-state index contributed by atoms with van der Waals surface area (Å²) in [5, 5.41) is 15.7. The minimum atomic E-state index is -0.604. The molecule has 0 bridgehead atoms.